The number of hydrogen-bond donors (Lipinski definition) is 2. The zero-order valence-corrected chi connectivity index (χ0v) is 11.8. The molecule has 1 aromatic carbocycles. The zero-order valence-electron chi connectivity index (χ0n) is 11.8. The maximum Gasteiger partial charge on any atom is 0.416 e. The molecule has 0 radical (unpaired) electrons. The van der Waals surface area contributed by atoms with Crippen LogP contribution in [0.15, 0.2) is 18.2 Å². The summed E-state index contributed by atoms with van der Waals surface area (Å²) in [7, 11) is 0. The molecule has 0 bridgehead atoms. The van der Waals surface area contributed by atoms with Gasteiger partial charge in [-0.25, -0.2) is 0 Å². The van der Waals surface area contributed by atoms with Crippen LogP contribution in [0.5, 0.6) is 0 Å². The number of hydrogen-bond acceptors (Lipinski definition) is 2. The van der Waals surface area contributed by atoms with Crippen LogP contribution in [0, 0.1) is 0 Å². The summed E-state index contributed by atoms with van der Waals surface area (Å²) in [4.78, 5) is 0. The predicted octanol–water partition coefficient (Wildman–Crippen LogP) is 3.74. The van der Waals surface area contributed by atoms with Crippen molar-refractivity contribution in [1.82, 2.24) is 10.6 Å². The van der Waals surface area contributed by atoms with E-state index in [0.717, 1.165) is 25.1 Å². The van der Waals surface area contributed by atoms with Gasteiger partial charge < -0.3 is 10.6 Å². The van der Waals surface area contributed by atoms with E-state index in [1.807, 2.05) is 0 Å². The molecular formula is C14H16F6N2. The largest absolute Gasteiger partial charge is 0.416 e. The van der Waals surface area contributed by atoms with Crippen molar-refractivity contribution in [2.75, 3.05) is 13.1 Å². The summed E-state index contributed by atoms with van der Waals surface area (Å²) in [5.41, 5.74) is -2.58. The van der Waals surface area contributed by atoms with E-state index >= 15 is 0 Å². The molecule has 1 aliphatic heterocycles. The van der Waals surface area contributed by atoms with Crippen LogP contribution in [-0.2, 0) is 12.4 Å². The second-order valence-corrected chi connectivity index (χ2v) is 5.42. The first-order chi connectivity index (χ1) is 10.1. The summed E-state index contributed by atoms with van der Waals surface area (Å²) in [5.74, 6) is 0. The smallest absolute Gasteiger partial charge is 0.315 e. The lowest BCUT2D eigenvalue weighted by atomic mass is 9.99. The number of nitrogens with one attached hydrogen (secondary N) is 2. The molecule has 0 spiro atoms. The molecule has 0 amide bonds. The Hall–Kier alpha value is -1.28. The monoisotopic (exact) mass is 326 g/mol. The Kier molecular flexibility index (Phi) is 4.72. The second-order valence-electron chi connectivity index (χ2n) is 5.42. The predicted molar refractivity (Wildman–Crippen MR) is 69.3 cm³/mol. The number of halogens is 6. The normalized spacial score (nSPS) is 21.1. The highest BCUT2D eigenvalue weighted by atomic mass is 19.4. The van der Waals surface area contributed by atoms with Gasteiger partial charge in [-0.1, -0.05) is 0 Å². The molecule has 0 aromatic heterocycles. The SMILES string of the molecule is CC(NC1CCNC1)c1cc(C(F)(F)F)cc(C(F)(F)F)c1. The van der Waals surface area contributed by atoms with Crippen LogP contribution in [0.3, 0.4) is 0 Å². The van der Waals surface area contributed by atoms with Crippen molar-refractivity contribution in [2.45, 2.75) is 37.8 Å². The van der Waals surface area contributed by atoms with Crippen LogP contribution in [0.2, 0.25) is 0 Å². The van der Waals surface area contributed by atoms with Gasteiger partial charge in [-0.3, -0.25) is 0 Å². The van der Waals surface area contributed by atoms with Gasteiger partial charge in [0.05, 0.1) is 11.1 Å². The number of alkyl halides is 6. The van der Waals surface area contributed by atoms with Crippen LogP contribution < -0.4 is 10.6 Å². The Balaban J connectivity index is 2.32. The maximum absolute atomic E-state index is 12.8. The first-order valence-corrected chi connectivity index (χ1v) is 6.83. The van der Waals surface area contributed by atoms with Gasteiger partial charge in [-0.05, 0) is 43.7 Å². The van der Waals surface area contributed by atoms with Gasteiger partial charge in [0.15, 0.2) is 0 Å². The standard InChI is InChI=1S/C14H16F6N2/c1-8(22-12-2-3-21-7-12)9-4-10(13(15,16)17)6-11(5-9)14(18,19)20/h4-6,8,12,21-22H,2-3,7H2,1H3. The van der Waals surface area contributed by atoms with E-state index in [1.54, 1.807) is 6.92 Å². The molecule has 1 aliphatic rings. The van der Waals surface area contributed by atoms with Crippen LogP contribution >= 0.6 is 0 Å². The minimum Gasteiger partial charge on any atom is -0.315 e. The van der Waals surface area contributed by atoms with E-state index in [0.29, 0.717) is 6.54 Å². The Bertz CT molecular complexity index is 485. The third-order valence-corrected chi connectivity index (χ3v) is 3.66. The van der Waals surface area contributed by atoms with Crippen LogP contribution in [0.4, 0.5) is 26.3 Å². The lowest BCUT2D eigenvalue weighted by Gasteiger charge is -2.21. The van der Waals surface area contributed by atoms with Crippen LogP contribution in [0.1, 0.15) is 36.1 Å². The molecule has 22 heavy (non-hydrogen) atoms. The molecule has 2 N–H and O–H groups in total. The second kappa shape index (κ2) is 6.08. The van der Waals surface area contributed by atoms with Gasteiger partial charge >= 0.3 is 12.4 Å². The van der Waals surface area contributed by atoms with Gasteiger partial charge in [-0.2, -0.15) is 26.3 Å². The highest BCUT2D eigenvalue weighted by molar-refractivity contribution is 5.35. The fraction of sp³-hybridized carbons (Fsp3) is 0.571. The van der Waals surface area contributed by atoms with E-state index in [-0.39, 0.29) is 17.7 Å². The van der Waals surface area contributed by atoms with E-state index in [4.69, 9.17) is 0 Å². The Morgan fingerprint density at radius 3 is 2.00 bits per heavy atom. The average molecular weight is 326 g/mol. The zero-order chi connectivity index (χ0) is 16.5. The molecule has 2 unspecified atom stereocenters. The van der Waals surface area contributed by atoms with Crippen LogP contribution in [-0.4, -0.2) is 19.1 Å². The van der Waals surface area contributed by atoms with Gasteiger partial charge in [-0.15, -0.1) is 0 Å². The lowest BCUT2D eigenvalue weighted by Crippen LogP contribution is -2.33. The van der Waals surface area contributed by atoms with Crippen molar-refractivity contribution in [1.29, 1.82) is 0 Å². The molecule has 2 rings (SSSR count). The molecule has 2 nitrogen and oxygen atoms in total. The van der Waals surface area contributed by atoms with Gasteiger partial charge in [0, 0.05) is 18.6 Å². The molecule has 2 atom stereocenters. The first kappa shape index (κ1) is 17.1. The van der Waals surface area contributed by atoms with E-state index < -0.39 is 29.5 Å². The quantitative estimate of drug-likeness (QED) is 0.827. The highest BCUT2D eigenvalue weighted by Gasteiger charge is 2.37. The van der Waals surface area contributed by atoms with Gasteiger partial charge in [0.2, 0.25) is 0 Å². The Morgan fingerprint density at radius 2 is 1.59 bits per heavy atom. The van der Waals surface area contributed by atoms with Crippen molar-refractivity contribution >= 4 is 0 Å². The maximum atomic E-state index is 12.8. The van der Waals surface area contributed by atoms with Gasteiger partial charge in [0.1, 0.15) is 0 Å². The summed E-state index contributed by atoms with van der Waals surface area (Å²) in [6, 6.07) is 1.13. The van der Waals surface area contributed by atoms with E-state index in [2.05, 4.69) is 10.6 Å². The highest BCUT2D eigenvalue weighted by Crippen LogP contribution is 2.37. The average Bonchev–Trinajstić information content (AvgIpc) is 2.89. The summed E-state index contributed by atoms with van der Waals surface area (Å²) in [6.07, 6.45) is -8.84. The van der Waals surface area contributed by atoms with Crippen LogP contribution in [0.25, 0.3) is 0 Å². The van der Waals surface area contributed by atoms with Gasteiger partial charge in [0.25, 0.3) is 0 Å². The minimum absolute atomic E-state index is 0.0194. The van der Waals surface area contributed by atoms with E-state index in [9.17, 15) is 26.3 Å². The van der Waals surface area contributed by atoms with Crippen molar-refractivity contribution in [2.24, 2.45) is 0 Å². The molecule has 0 aliphatic carbocycles. The van der Waals surface area contributed by atoms with Crippen molar-refractivity contribution in [3.05, 3.63) is 34.9 Å². The number of benzene rings is 1. The fourth-order valence-electron chi connectivity index (χ4n) is 2.48. The molecule has 8 heteroatoms. The molecule has 1 heterocycles. The summed E-state index contributed by atoms with van der Waals surface area (Å²) in [6.45, 7) is 2.99. The number of rotatable bonds is 3. The molecule has 1 aromatic rings. The molecular weight excluding hydrogens is 310 g/mol. The third kappa shape index (κ3) is 4.13. The Morgan fingerprint density at radius 1 is 1.05 bits per heavy atom. The molecule has 1 fully saturated rings. The van der Waals surface area contributed by atoms with Crippen molar-refractivity contribution in [3.63, 3.8) is 0 Å². The van der Waals surface area contributed by atoms with Crippen molar-refractivity contribution < 1.29 is 26.3 Å². The summed E-state index contributed by atoms with van der Waals surface area (Å²) in [5, 5.41) is 6.13. The Labute approximate surface area is 123 Å². The topological polar surface area (TPSA) is 24.1 Å². The first-order valence-electron chi connectivity index (χ1n) is 6.83. The van der Waals surface area contributed by atoms with Crippen molar-refractivity contribution in [3.8, 4) is 0 Å². The summed E-state index contributed by atoms with van der Waals surface area (Å²) >= 11 is 0. The molecule has 1 saturated heterocycles. The third-order valence-electron chi connectivity index (χ3n) is 3.66. The molecule has 124 valence electrons. The fourth-order valence-corrected chi connectivity index (χ4v) is 2.48. The lowest BCUT2D eigenvalue weighted by molar-refractivity contribution is -0.143. The minimum atomic E-state index is -4.81. The molecule has 0 saturated carbocycles. The van der Waals surface area contributed by atoms with E-state index in [1.165, 1.54) is 0 Å². The summed E-state index contributed by atoms with van der Waals surface area (Å²) < 4.78 is 76.8.